The predicted octanol–water partition coefficient (Wildman–Crippen LogP) is 0.755. The number of aromatic nitrogens is 4. The van der Waals surface area contributed by atoms with E-state index < -0.39 is 0 Å². The van der Waals surface area contributed by atoms with E-state index in [4.69, 9.17) is 5.73 Å². The molecule has 0 saturated heterocycles. The van der Waals surface area contributed by atoms with E-state index in [1.165, 1.54) is 0 Å². The smallest absolute Gasteiger partial charge is 0.134 e. The van der Waals surface area contributed by atoms with Gasteiger partial charge in [0.1, 0.15) is 18.0 Å². The summed E-state index contributed by atoms with van der Waals surface area (Å²) in [5.41, 5.74) is 7.26. The Morgan fingerprint density at radius 3 is 2.88 bits per heavy atom. The van der Waals surface area contributed by atoms with E-state index in [0.717, 1.165) is 30.3 Å². The second-order valence-electron chi connectivity index (χ2n) is 3.91. The second kappa shape index (κ2) is 4.82. The van der Waals surface area contributed by atoms with Crippen LogP contribution in [-0.2, 0) is 13.5 Å². The van der Waals surface area contributed by atoms with Gasteiger partial charge in [0.25, 0.3) is 0 Å². The highest BCUT2D eigenvalue weighted by Crippen LogP contribution is 2.11. The van der Waals surface area contributed by atoms with E-state index in [-0.39, 0.29) is 0 Å². The topological polar surface area (TPSA) is 81.7 Å². The maximum absolute atomic E-state index is 5.70. The summed E-state index contributed by atoms with van der Waals surface area (Å²) in [6.07, 6.45) is 2.50. The number of pyridine rings is 1. The Morgan fingerprint density at radius 2 is 2.24 bits per heavy atom. The Bertz CT molecular complexity index is 504. The largest absolute Gasteiger partial charge is 0.397 e. The van der Waals surface area contributed by atoms with Crippen molar-refractivity contribution in [2.24, 2.45) is 7.05 Å². The van der Waals surface area contributed by atoms with Gasteiger partial charge in [0, 0.05) is 20.0 Å². The van der Waals surface area contributed by atoms with Gasteiger partial charge in [-0.25, -0.2) is 4.98 Å². The standard InChI is InChI=1S/C11H16N6/c1-8-9(12)3-4-10(15-8)13-6-5-11-16-14-7-17(11)2/h3-4,7H,5-6,12H2,1-2H3,(H,13,15). The van der Waals surface area contributed by atoms with Gasteiger partial charge in [0.05, 0.1) is 11.4 Å². The third-order valence-electron chi connectivity index (χ3n) is 2.59. The molecule has 2 aromatic heterocycles. The molecule has 0 atom stereocenters. The van der Waals surface area contributed by atoms with Crippen molar-refractivity contribution in [1.82, 2.24) is 19.7 Å². The van der Waals surface area contributed by atoms with Crippen LogP contribution in [0, 0.1) is 6.92 Å². The number of anilines is 2. The minimum Gasteiger partial charge on any atom is -0.397 e. The highest BCUT2D eigenvalue weighted by Gasteiger charge is 2.01. The Hall–Kier alpha value is -2.11. The van der Waals surface area contributed by atoms with Crippen LogP contribution in [-0.4, -0.2) is 26.3 Å². The van der Waals surface area contributed by atoms with Gasteiger partial charge in [0.15, 0.2) is 0 Å². The van der Waals surface area contributed by atoms with Crippen LogP contribution in [0.4, 0.5) is 11.5 Å². The lowest BCUT2D eigenvalue weighted by Gasteiger charge is -2.07. The molecule has 0 spiro atoms. The van der Waals surface area contributed by atoms with E-state index >= 15 is 0 Å². The van der Waals surface area contributed by atoms with Crippen LogP contribution in [0.15, 0.2) is 18.5 Å². The van der Waals surface area contributed by atoms with Crippen molar-refractivity contribution in [2.75, 3.05) is 17.6 Å². The SMILES string of the molecule is Cc1nc(NCCc2nncn2C)ccc1N. The zero-order valence-corrected chi connectivity index (χ0v) is 10.0. The molecule has 0 unspecified atom stereocenters. The van der Waals surface area contributed by atoms with Gasteiger partial charge in [0.2, 0.25) is 0 Å². The fourth-order valence-electron chi connectivity index (χ4n) is 1.51. The molecule has 0 aliphatic rings. The molecule has 17 heavy (non-hydrogen) atoms. The normalized spacial score (nSPS) is 10.5. The fraction of sp³-hybridized carbons (Fsp3) is 0.364. The molecule has 0 saturated carbocycles. The summed E-state index contributed by atoms with van der Waals surface area (Å²) in [6, 6.07) is 3.73. The Labute approximate surface area is 99.9 Å². The number of rotatable bonds is 4. The molecule has 0 fully saturated rings. The Kier molecular flexibility index (Phi) is 3.22. The van der Waals surface area contributed by atoms with Crippen LogP contribution >= 0.6 is 0 Å². The van der Waals surface area contributed by atoms with Crippen LogP contribution in [0.3, 0.4) is 0 Å². The Balaban J connectivity index is 1.90. The first-order chi connectivity index (χ1) is 8.16. The summed E-state index contributed by atoms with van der Waals surface area (Å²) in [5, 5.41) is 11.1. The molecule has 0 radical (unpaired) electrons. The molecular formula is C11H16N6. The third kappa shape index (κ3) is 2.72. The number of hydrogen-bond acceptors (Lipinski definition) is 5. The number of nitrogen functional groups attached to an aromatic ring is 1. The van der Waals surface area contributed by atoms with E-state index in [1.807, 2.05) is 30.7 Å². The number of nitrogens with zero attached hydrogens (tertiary/aromatic N) is 4. The van der Waals surface area contributed by atoms with Crippen LogP contribution in [0.1, 0.15) is 11.5 Å². The molecule has 90 valence electrons. The molecule has 6 heteroatoms. The van der Waals surface area contributed by atoms with Crippen LogP contribution in [0.5, 0.6) is 0 Å². The van der Waals surface area contributed by atoms with Crippen LogP contribution in [0.2, 0.25) is 0 Å². The van der Waals surface area contributed by atoms with Crippen molar-refractivity contribution in [3.63, 3.8) is 0 Å². The van der Waals surface area contributed by atoms with Crippen LogP contribution in [0.25, 0.3) is 0 Å². The molecule has 0 aromatic carbocycles. The average molecular weight is 232 g/mol. The summed E-state index contributed by atoms with van der Waals surface area (Å²) in [5.74, 6) is 1.78. The van der Waals surface area contributed by atoms with Crippen LogP contribution < -0.4 is 11.1 Å². The second-order valence-corrected chi connectivity index (χ2v) is 3.91. The highest BCUT2D eigenvalue weighted by atomic mass is 15.2. The molecule has 0 amide bonds. The number of nitrogens with one attached hydrogen (secondary N) is 1. The molecule has 0 aliphatic heterocycles. The number of nitrogens with two attached hydrogens (primary N) is 1. The average Bonchev–Trinajstić information content (AvgIpc) is 2.70. The predicted molar refractivity (Wildman–Crippen MR) is 66.6 cm³/mol. The lowest BCUT2D eigenvalue weighted by Crippen LogP contribution is -2.10. The highest BCUT2D eigenvalue weighted by molar-refractivity contribution is 5.48. The molecule has 0 aliphatic carbocycles. The lowest BCUT2D eigenvalue weighted by molar-refractivity contribution is 0.787. The van der Waals surface area contributed by atoms with Gasteiger partial charge in [-0.05, 0) is 19.1 Å². The fourth-order valence-corrected chi connectivity index (χ4v) is 1.51. The van der Waals surface area contributed by atoms with Gasteiger partial charge in [-0.3, -0.25) is 0 Å². The third-order valence-corrected chi connectivity index (χ3v) is 2.59. The molecule has 0 bridgehead atoms. The van der Waals surface area contributed by atoms with Gasteiger partial charge in [-0.2, -0.15) is 0 Å². The molecule has 3 N–H and O–H groups in total. The van der Waals surface area contributed by atoms with E-state index in [1.54, 1.807) is 6.33 Å². The summed E-state index contributed by atoms with van der Waals surface area (Å²) in [6.45, 7) is 2.66. The van der Waals surface area contributed by atoms with Crippen molar-refractivity contribution < 1.29 is 0 Å². The first-order valence-electron chi connectivity index (χ1n) is 5.46. The monoisotopic (exact) mass is 232 g/mol. The zero-order valence-electron chi connectivity index (χ0n) is 10.0. The zero-order chi connectivity index (χ0) is 12.3. The molecule has 2 aromatic rings. The van der Waals surface area contributed by atoms with Crippen molar-refractivity contribution in [3.05, 3.63) is 30.0 Å². The van der Waals surface area contributed by atoms with Crippen molar-refractivity contribution in [3.8, 4) is 0 Å². The molecule has 2 rings (SSSR count). The van der Waals surface area contributed by atoms with E-state index in [9.17, 15) is 0 Å². The van der Waals surface area contributed by atoms with E-state index in [0.29, 0.717) is 5.69 Å². The summed E-state index contributed by atoms with van der Waals surface area (Å²) >= 11 is 0. The summed E-state index contributed by atoms with van der Waals surface area (Å²) in [4.78, 5) is 4.34. The van der Waals surface area contributed by atoms with E-state index in [2.05, 4.69) is 20.5 Å². The van der Waals surface area contributed by atoms with Gasteiger partial charge >= 0.3 is 0 Å². The first kappa shape index (κ1) is 11.4. The summed E-state index contributed by atoms with van der Waals surface area (Å²) < 4.78 is 1.91. The molecule has 2 heterocycles. The Morgan fingerprint density at radius 1 is 1.41 bits per heavy atom. The van der Waals surface area contributed by atoms with Gasteiger partial charge in [-0.15, -0.1) is 10.2 Å². The maximum atomic E-state index is 5.70. The first-order valence-corrected chi connectivity index (χ1v) is 5.46. The van der Waals surface area contributed by atoms with Crippen molar-refractivity contribution in [2.45, 2.75) is 13.3 Å². The molecule has 6 nitrogen and oxygen atoms in total. The lowest BCUT2D eigenvalue weighted by atomic mass is 10.3. The van der Waals surface area contributed by atoms with Crippen molar-refractivity contribution in [1.29, 1.82) is 0 Å². The minimum atomic E-state index is 0.712. The number of aryl methyl sites for hydroxylation is 2. The number of hydrogen-bond donors (Lipinski definition) is 2. The van der Waals surface area contributed by atoms with Crippen molar-refractivity contribution >= 4 is 11.5 Å². The maximum Gasteiger partial charge on any atom is 0.134 e. The van der Waals surface area contributed by atoms with Gasteiger partial charge < -0.3 is 15.6 Å². The summed E-state index contributed by atoms with van der Waals surface area (Å²) in [7, 11) is 1.93. The minimum absolute atomic E-state index is 0.712. The van der Waals surface area contributed by atoms with Gasteiger partial charge in [-0.1, -0.05) is 0 Å². The quantitative estimate of drug-likeness (QED) is 0.813. The molecular weight excluding hydrogens is 216 g/mol.